The molecule has 1 aromatic rings. The highest BCUT2D eigenvalue weighted by Gasteiger charge is 2.44. The predicted molar refractivity (Wildman–Crippen MR) is 65.0 cm³/mol. The Kier molecular flexibility index (Phi) is 3.48. The second-order valence-electron chi connectivity index (χ2n) is 5.20. The van der Waals surface area contributed by atoms with Gasteiger partial charge in [0.1, 0.15) is 11.6 Å². The van der Waals surface area contributed by atoms with E-state index >= 15 is 0 Å². The Hall–Kier alpha value is -0.960. The summed E-state index contributed by atoms with van der Waals surface area (Å²) in [5, 5.41) is 3.29. The lowest BCUT2D eigenvalue weighted by Gasteiger charge is -2.47. The van der Waals surface area contributed by atoms with Gasteiger partial charge in [-0.1, -0.05) is 19.9 Å². The maximum atomic E-state index is 13.9. The molecule has 0 aliphatic heterocycles. The lowest BCUT2D eigenvalue weighted by Crippen LogP contribution is -2.48. The molecule has 1 aliphatic rings. The minimum atomic E-state index is -0.503. The molecule has 1 aliphatic carbocycles. The van der Waals surface area contributed by atoms with Crippen molar-refractivity contribution >= 4 is 0 Å². The van der Waals surface area contributed by atoms with Gasteiger partial charge in [0.15, 0.2) is 0 Å². The fraction of sp³-hybridized carbons (Fsp3) is 0.571. The first-order valence-corrected chi connectivity index (χ1v) is 6.23. The summed E-state index contributed by atoms with van der Waals surface area (Å²) < 4.78 is 26.8. The van der Waals surface area contributed by atoms with Gasteiger partial charge in [-0.25, -0.2) is 8.78 Å². The van der Waals surface area contributed by atoms with Crippen LogP contribution in [0.5, 0.6) is 0 Å². The molecular formula is C14H19F2N. The van der Waals surface area contributed by atoms with E-state index in [1.807, 2.05) is 6.92 Å². The van der Waals surface area contributed by atoms with E-state index in [0.29, 0.717) is 11.5 Å². The Labute approximate surface area is 101 Å². The lowest BCUT2D eigenvalue weighted by molar-refractivity contribution is 0.148. The summed E-state index contributed by atoms with van der Waals surface area (Å²) in [5.41, 5.74) is 0.533. The summed E-state index contributed by atoms with van der Waals surface area (Å²) in [4.78, 5) is 0. The van der Waals surface area contributed by atoms with Gasteiger partial charge in [0.2, 0.25) is 0 Å². The smallest absolute Gasteiger partial charge is 0.129 e. The zero-order chi connectivity index (χ0) is 12.5. The van der Waals surface area contributed by atoms with E-state index in [-0.39, 0.29) is 5.41 Å². The minimum Gasteiger partial charge on any atom is -0.316 e. The maximum absolute atomic E-state index is 13.9. The molecule has 0 aromatic heterocycles. The zero-order valence-electron chi connectivity index (χ0n) is 10.4. The average molecular weight is 239 g/mol. The van der Waals surface area contributed by atoms with Crippen molar-refractivity contribution in [1.29, 1.82) is 0 Å². The van der Waals surface area contributed by atoms with Crippen molar-refractivity contribution in [3.05, 3.63) is 35.4 Å². The van der Waals surface area contributed by atoms with Crippen LogP contribution in [0.1, 0.15) is 32.3 Å². The highest BCUT2D eigenvalue weighted by molar-refractivity contribution is 5.31. The molecule has 1 N–H and O–H groups in total. The van der Waals surface area contributed by atoms with Crippen molar-refractivity contribution in [2.75, 3.05) is 13.1 Å². The lowest BCUT2D eigenvalue weighted by atomic mass is 9.59. The van der Waals surface area contributed by atoms with Crippen molar-refractivity contribution in [2.24, 2.45) is 5.92 Å². The fourth-order valence-electron chi connectivity index (χ4n) is 3.02. The molecule has 17 heavy (non-hydrogen) atoms. The van der Waals surface area contributed by atoms with E-state index in [9.17, 15) is 8.78 Å². The van der Waals surface area contributed by atoms with Crippen LogP contribution in [0.25, 0.3) is 0 Å². The van der Waals surface area contributed by atoms with E-state index in [1.54, 1.807) is 6.07 Å². The van der Waals surface area contributed by atoms with Gasteiger partial charge in [-0.15, -0.1) is 0 Å². The minimum absolute atomic E-state index is 0.132. The molecule has 0 atom stereocenters. The Morgan fingerprint density at radius 1 is 1.35 bits per heavy atom. The third kappa shape index (κ3) is 2.34. The summed E-state index contributed by atoms with van der Waals surface area (Å²) in [6, 6.07) is 3.95. The molecule has 1 saturated carbocycles. The van der Waals surface area contributed by atoms with Crippen LogP contribution >= 0.6 is 0 Å². The third-order valence-electron chi connectivity index (χ3n) is 3.69. The standard InChI is InChI=1S/C14H19F2N/c1-3-17-9-14(7-10(2)8-14)12-5-4-11(15)6-13(12)16/h4-6,10,17H,3,7-9H2,1-2H3. The normalized spacial score (nSPS) is 27.9. The van der Waals surface area contributed by atoms with Crippen molar-refractivity contribution in [2.45, 2.75) is 32.1 Å². The number of benzene rings is 1. The van der Waals surface area contributed by atoms with Crippen LogP contribution < -0.4 is 5.32 Å². The van der Waals surface area contributed by atoms with Crippen LogP contribution in [0.3, 0.4) is 0 Å². The highest BCUT2D eigenvalue weighted by atomic mass is 19.1. The summed E-state index contributed by atoms with van der Waals surface area (Å²) >= 11 is 0. The Morgan fingerprint density at radius 2 is 2.06 bits per heavy atom. The van der Waals surface area contributed by atoms with E-state index in [0.717, 1.165) is 32.0 Å². The van der Waals surface area contributed by atoms with Crippen LogP contribution in [0.15, 0.2) is 18.2 Å². The van der Waals surface area contributed by atoms with E-state index in [2.05, 4.69) is 12.2 Å². The van der Waals surface area contributed by atoms with Gasteiger partial charge in [0.25, 0.3) is 0 Å². The van der Waals surface area contributed by atoms with Crippen LogP contribution in [0, 0.1) is 17.6 Å². The average Bonchev–Trinajstić information content (AvgIpc) is 2.23. The monoisotopic (exact) mass is 239 g/mol. The molecular weight excluding hydrogens is 220 g/mol. The van der Waals surface area contributed by atoms with Gasteiger partial charge in [0, 0.05) is 18.0 Å². The molecule has 1 fully saturated rings. The van der Waals surface area contributed by atoms with Gasteiger partial charge in [0.05, 0.1) is 0 Å². The largest absolute Gasteiger partial charge is 0.316 e. The molecule has 0 radical (unpaired) electrons. The van der Waals surface area contributed by atoms with E-state index < -0.39 is 11.6 Å². The molecule has 2 rings (SSSR count). The number of nitrogens with one attached hydrogen (secondary N) is 1. The second kappa shape index (κ2) is 4.73. The van der Waals surface area contributed by atoms with E-state index in [4.69, 9.17) is 0 Å². The molecule has 3 heteroatoms. The quantitative estimate of drug-likeness (QED) is 0.850. The van der Waals surface area contributed by atoms with Crippen LogP contribution in [-0.2, 0) is 5.41 Å². The number of halogens is 2. The molecule has 0 bridgehead atoms. The predicted octanol–water partition coefficient (Wildman–Crippen LogP) is 3.24. The number of hydrogen-bond acceptors (Lipinski definition) is 1. The van der Waals surface area contributed by atoms with Crippen molar-refractivity contribution < 1.29 is 8.78 Å². The number of hydrogen-bond donors (Lipinski definition) is 1. The SMILES string of the molecule is CCNCC1(c2ccc(F)cc2F)CC(C)C1. The summed E-state index contributed by atoms with van der Waals surface area (Å²) in [6.07, 6.45) is 1.95. The van der Waals surface area contributed by atoms with Gasteiger partial charge >= 0.3 is 0 Å². The Morgan fingerprint density at radius 3 is 2.59 bits per heavy atom. The molecule has 0 amide bonds. The topological polar surface area (TPSA) is 12.0 Å². The van der Waals surface area contributed by atoms with Gasteiger partial charge in [-0.05, 0) is 36.9 Å². The first kappa shape index (κ1) is 12.5. The molecule has 0 saturated heterocycles. The molecule has 1 nitrogen and oxygen atoms in total. The first-order valence-electron chi connectivity index (χ1n) is 6.23. The highest BCUT2D eigenvalue weighted by Crippen LogP contribution is 2.48. The molecule has 0 spiro atoms. The van der Waals surface area contributed by atoms with Crippen LogP contribution in [-0.4, -0.2) is 13.1 Å². The maximum Gasteiger partial charge on any atom is 0.129 e. The van der Waals surface area contributed by atoms with Crippen LogP contribution in [0.2, 0.25) is 0 Å². The molecule has 0 heterocycles. The first-order chi connectivity index (χ1) is 8.07. The Balaban J connectivity index is 2.26. The number of rotatable bonds is 4. The fourth-order valence-corrected chi connectivity index (χ4v) is 3.02. The number of likely N-dealkylation sites (N-methyl/N-ethyl adjacent to an activating group) is 1. The van der Waals surface area contributed by atoms with Gasteiger partial charge in [-0.2, -0.15) is 0 Å². The molecule has 1 aromatic carbocycles. The summed E-state index contributed by atoms with van der Waals surface area (Å²) in [5.74, 6) is -0.287. The van der Waals surface area contributed by atoms with Crippen molar-refractivity contribution in [3.8, 4) is 0 Å². The van der Waals surface area contributed by atoms with Gasteiger partial charge in [-0.3, -0.25) is 0 Å². The third-order valence-corrected chi connectivity index (χ3v) is 3.69. The molecule has 94 valence electrons. The van der Waals surface area contributed by atoms with E-state index in [1.165, 1.54) is 6.07 Å². The summed E-state index contributed by atoms with van der Waals surface area (Å²) in [6.45, 7) is 5.86. The van der Waals surface area contributed by atoms with Gasteiger partial charge < -0.3 is 5.32 Å². The summed E-state index contributed by atoms with van der Waals surface area (Å²) in [7, 11) is 0. The zero-order valence-corrected chi connectivity index (χ0v) is 10.4. The van der Waals surface area contributed by atoms with Crippen molar-refractivity contribution in [1.82, 2.24) is 5.32 Å². The van der Waals surface area contributed by atoms with Crippen LogP contribution in [0.4, 0.5) is 8.78 Å². The Bertz CT molecular complexity index is 397. The second-order valence-corrected chi connectivity index (χ2v) is 5.20. The van der Waals surface area contributed by atoms with Crippen molar-refractivity contribution in [3.63, 3.8) is 0 Å². The molecule has 0 unspecified atom stereocenters.